The van der Waals surface area contributed by atoms with Crippen LogP contribution in [0.3, 0.4) is 0 Å². The van der Waals surface area contributed by atoms with Gasteiger partial charge >= 0.3 is 0 Å². The highest BCUT2D eigenvalue weighted by molar-refractivity contribution is 6.22. The van der Waals surface area contributed by atoms with Gasteiger partial charge in [-0.3, -0.25) is 0 Å². The molecular weight excluding hydrogens is 302 g/mol. The maximum absolute atomic E-state index is 8.27. The predicted octanol–water partition coefficient (Wildman–Crippen LogP) is 6.34. The smallest absolute Gasteiger partial charge is 0.0669 e. The summed E-state index contributed by atoms with van der Waals surface area (Å²) >= 11 is 0. The van der Waals surface area contributed by atoms with Crippen molar-refractivity contribution >= 4 is 32.3 Å². The van der Waals surface area contributed by atoms with Crippen LogP contribution in [0.25, 0.3) is 32.3 Å². The van der Waals surface area contributed by atoms with Gasteiger partial charge < -0.3 is 0 Å². The van der Waals surface area contributed by atoms with E-state index >= 15 is 0 Å². The summed E-state index contributed by atoms with van der Waals surface area (Å²) < 4.78 is 0. The van der Waals surface area contributed by atoms with E-state index in [0.29, 0.717) is 6.42 Å². The minimum atomic E-state index is 0.515. The van der Waals surface area contributed by atoms with E-state index in [0.717, 1.165) is 5.56 Å². The summed E-state index contributed by atoms with van der Waals surface area (Å²) in [4.78, 5) is 0. The summed E-state index contributed by atoms with van der Waals surface area (Å²) in [5.41, 5.74) is 1.08. The first-order chi connectivity index (χ1) is 12.4. The van der Waals surface area contributed by atoms with Crippen molar-refractivity contribution in [1.82, 2.24) is 0 Å². The van der Waals surface area contributed by atoms with E-state index in [1.807, 2.05) is 30.3 Å². The Kier molecular flexibility index (Phi) is 4.02. The maximum Gasteiger partial charge on any atom is 0.0669 e. The van der Waals surface area contributed by atoms with Crippen molar-refractivity contribution in [2.75, 3.05) is 0 Å². The first-order valence-corrected chi connectivity index (χ1v) is 8.40. The van der Waals surface area contributed by atoms with Crippen LogP contribution in [-0.2, 0) is 6.42 Å². The average molecular weight is 319 g/mol. The minimum absolute atomic E-state index is 0.515. The first kappa shape index (κ1) is 15.2. The zero-order valence-electron chi connectivity index (χ0n) is 13.8. The second-order valence-electron chi connectivity index (χ2n) is 6.11. The molecule has 1 heteroatoms. The summed E-state index contributed by atoms with van der Waals surface area (Å²) in [6.45, 7) is 0. The van der Waals surface area contributed by atoms with Gasteiger partial charge in [-0.15, -0.1) is 0 Å². The Balaban J connectivity index is 0.000000150. The number of rotatable bonds is 1. The molecule has 0 radical (unpaired) electrons. The standard InChI is InChI=1S/C16H10.C8H7N/c1-3-11-7-9-13-5-2-6-14-10-8-12(4-1)15(11)16(13)14;9-7-6-8-4-2-1-3-5-8/h1-10H;1-5H,6H2. The van der Waals surface area contributed by atoms with Crippen molar-refractivity contribution < 1.29 is 0 Å². The zero-order chi connectivity index (χ0) is 17.1. The lowest BCUT2D eigenvalue weighted by Gasteiger charge is -2.09. The number of nitriles is 1. The van der Waals surface area contributed by atoms with Gasteiger partial charge in [-0.1, -0.05) is 91.0 Å². The molecule has 118 valence electrons. The normalized spacial score (nSPS) is 10.5. The lowest BCUT2D eigenvalue weighted by Crippen LogP contribution is -1.82. The van der Waals surface area contributed by atoms with Gasteiger partial charge in [0.05, 0.1) is 12.5 Å². The number of nitrogens with zero attached hydrogens (tertiary/aromatic N) is 1. The molecule has 5 rings (SSSR count). The first-order valence-electron chi connectivity index (χ1n) is 8.40. The largest absolute Gasteiger partial charge is 0.198 e. The Morgan fingerprint density at radius 3 is 1.36 bits per heavy atom. The van der Waals surface area contributed by atoms with Gasteiger partial charge in [-0.05, 0) is 37.9 Å². The molecule has 5 aromatic rings. The average Bonchev–Trinajstić information content (AvgIpc) is 2.68. The summed E-state index contributed by atoms with van der Waals surface area (Å²) in [5, 5.41) is 16.4. The van der Waals surface area contributed by atoms with Crippen LogP contribution in [0.2, 0.25) is 0 Å². The number of benzene rings is 5. The number of hydrogen-bond acceptors (Lipinski definition) is 1. The predicted molar refractivity (Wildman–Crippen MR) is 106 cm³/mol. The summed E-state index contributed by atoms with van der Waals surface area (Å²) in [7, 11) is 0. The van der Waals surface area contributed by atoms with Crippen LogP contribution >= 0.6 is 0 Å². The van der Waals surface area contributed by atoms with Gasteiger partial charge in [0.1, 0.15) is 0 Å². The topological polar surface area (TPSA) is 23.8 Å². The van der Waals surface area contributed by atoms with Gasteiger partial charge in [0.15, 0.2) is 0 Å². The molecule has 0 aromatic heterocycles. The highest BCUT2D eigenvalue weighted by Gasteiger charge is 2.05. The molecule has 0 aliphatic rings. The molecule has 0 saturated heterocycles. The van der Waals surface area contributed by atoms with Crippen LogP contribution < -0.4 is 0 Å². The molecule has 0 atom stereocenters. The molecule has 1 nitrogen and oxygen atoms in total. The van der Waals surface area contributed by atoms with Crippen LogP contribution in [0.5, 0.6) is 0 Å². The molecule has 0 N–H and O–H groups in total. The van der Waals surface area contributed by atoms with Crippen molar-refractivity contribution in [2.24, 2.45) is 0 Å². The Bertz CT molecular complexity index is 1040. The molecule has 0 bridgehead atoms. The highest BCUT2D eigenvalue weighted by atomic mass is 14.2. The Labute approximate surface area is 147 Å². The summed E-state index contributed by atoms with van der Waals surface area (Å²) in [6, 6.07) is 33.7. The molecule has 0 unspecified atom stereocenters. The molecule has 25 heavy (non-hydrogen) atoms. The number of hydrogen-bond donors (Lipinski definition) is 0. The van der Waals surface area contributed by atoms with Crippen molar-refractivity contribution in [3.05, 3.63) is 96.6 Å². The van der Waals surface area contributed by atoms with Gasteiger partial charge in [-0.25, -0.2) is 0 Å². The molecule has 0 amide bonds. The van der Waals surface area contributed by atoms with Crippen molar-refractivity contribution in [3.8, 4) is 6.07 Å². The van der Waals surface area contributed by atoms with E-state index in [9.17, 15) is 0 Å². The quantitative estimate of drug-likeness (QED) is 0.331. The van der Waals surface area contributed by atoms with Crippen LogP contribution in [0.15, 0.2) is 91.0 Å². The van der Waals surface area contributed by atoms with E-state index < -0.39 is 0 Å². The second-order valence-corrected chi connectivity index (χ2v) is 6.11. The Morgan fingerprint density at radius 1 is 0.520 bits per heavy atom. The van der Waals surface area contributed by atoms with E-state index in [1.54, 1.807) is 0 Å². The molecule has 0 aliphatic carbocycles. The van der Waals surface area contributed by atoms with Gasteiger partial charge in [0, 0.05) is 0 Å². The Morgan fingerprint density at radius 2 is 0.960 bits per heavy atom. The lowest BCUT2D eigenvalue weighted by molar-refractivity contribution is 1.26. The third-order valence-electron chi connectivity index (χ3n) is 4.52. The molecule has 0 aliphatic heterocycles. The fraction of sp³-hybridized carbons (Fsp3) is 0.0417. The second kappa shape index (κ2) is 6.63. The Hall–Kier alpha value is -3.37. The van der Waals surface area contributed by atoms with E-state index in [1.165, 1.54) is 32.3 Å². The molecule has 0 fully saturated rings. The van der Waals surface area contributed by atoms with Crippen LogP contribution in [-0.4, -0.2) is 0 Å². The SMILES string of the molecule is N#CCc1ccccc1.c1cc2ccc3cccc4ccc(c1)c2c34. The van der Waals surface area contributed by atoms with E-state index in [-0.39, 0.29) is 0 Å². The van der Waals surface area contributed by atoms with Crippen molar-refractivity contribution in [1.29, 1.82) is 5.26 Å². The monoisotopic (exact) mass is 319 g/mol. The third-order valence-corrected chi connectivity index (χ3v) is 4.52. The maximum atomic E-state index is 8.27. The third kappa shape index (κ3) is 2.91. The molecule has 5 aromatic carbocycles. The fourth-order valence-electron chi connectivity index (χ4n) is 3.36. The van der Waals surface area contributed by atoms with Crippen LogP contribution in [0, 0.1) is 11.3 Å². The molecular formula is C24H17N. The van der Waals surface area contributed by atoms with Gasteiger partial charge in [-0.2, -0.15) is 5.26 Å². The highest BCUT2D eigenvalue weighted by Crippen LogP contribution is 2.33. The minimum Gasteiger partial charge on any atom is -0.198 e. The van der Waals surface area contributed by atoms with Crippen LogP contribution in [0.1, 0.15) is 5.56 Å². The van der Waals surface area contributed by atoms with E-state index in [4.69, 9.17) is 5.26 Å². The van der Waals surface area contributed by atoms with E-state index in [2.05, 4.69) is 66.7 Å². The van der Waals surface area contributed by atoms with Crippen molar-refractivity contribution in [3.63, 3.8) is 0 Å². The molecule has 0 saturated carbocycles. The van der Waals surface area contributed by atoms with Gasteiger partial charge in [0.2, 0.25) is 0 Å². The molecule has 0 spiro atoms. The summed E-state index contributed by atoms with van der Waals surface area (Å²) in [6.07, 6.45) is 0.515. The van der Waals surface area contributed by atoms with Crippen LogP contribution in [0.4, 0.5) is 0 Å². The molecule has 0 heterocycles. The lowest BCUT2D eigenvalue weighted by atomic mass is 9.95. The van der Waals surface area contributed by atoms with Gasteiger partial charge in [0.25, 0.3) is 0 Å². The van der Waals surface area contributed by atoms with Crippen molar-refractivity contribution in [2.45, 2.75) is 6.42 Å². The fourth-order valence-corrected chi connectivity index (χ4v) is 3.36. The summed E-state index contributed by atoms with van der Waals surface area (Å²) in [5.74, 6) is 0. The zero-order valence-corrected chi connectivity index (χ0v) is 13.8.